The molecular weight excluding hydrogens is 273 g/mol. The number of aromatic nitrogens is 2. The molecule has 0 spiro atoms. The van der Waals surface area contributed by atoms with Gasteiger partial charge in [-0.3, -0.25) is 4.79 Å². The van der Waals surface area contributed by atoms with Crippen molar-refractivity contribution in [1.29, 1.82) is 0 Å². The Bertz CT molecular complexity index is 648. The molecule has 1 amide bonds. The van der Waals surface area contributed by atoms with Gasteiger partial charge in [-0.2, -0.15) is 0 Å². The Kier molecular flexibility index (Phi) is 3.68. The molecule has 0 radical (unpaired) electrons. The number of benzene rings is 1. The first-order valence-electron chi connectivity index (χ1n) is 6.99. The number of carbonyl (C=O) groups is 1. The minimum atomic E-state index is -0.475. The zero-order chi connectivity index (χ0) is 14.8. The first kappa shape index (κ1) is 13.7. The van der Waals surface area contributed by atoms with Gasteiger partial charge in [0.1, 0.15) is 5.82 Å². The summed E-state index contributed by atoms with van der Waals surface area (Å²) in [4.78, 5) is 14.0. The van der Waals surface area contributed by atoms with Gasteiger partial charge >= 0.3 is 0 Å². The molecule has 2 heterocycles. The molecule has 1 aliphatic rings. The van der Waals surface area contributed by atoms with E-state index in [1.54, 1.807) is 24.0 Å². The fraction of sp³-hybridized carbons (Fsp3) is 0.400. The van der Waals surface area contributed by atoms with E-state index in [0.717, 1.165) is 12.8 Å². The van der Waals surface area contributed by atoms with Gasteiger partial charge in [0.15, 0.2) is 0 Å². The lowest BCUT2D eigenvalue weighted by Gasteiger charge is -2.30. The third-order valence-electron chi connectivity index (χ3n) is 3.78. The van der Waals surface area contributed by atoms with Crippen molar-refractivity contribution < 1.29 is 13.6 Å². The van der Waals surface area contributed by atoms with Crippen molar-refractivity contribution in [3.05, 3.63) is 47.4 Å². The Balaban J connectivity index is 1.66. The normalized spacial score (nSPS) is 16.2. The van der Waals surface area contributed by atoms with E-state index < -0.39 is 5.82 Å². The van der Waals surface area contributed by atoms with Gasteiger partial charge in [-0.15, -0.1) is 10.2 Å². The highest BCUT2D eigenvalue weighted by Crippen LogP contribution is 2.27. The molecule has 0 aliphatic carbocycles. The van der Waals surface area contributed by atoms with Gasteiger partial charge in [0.2, 0.25) is 11.8 Å². The summed E-state index contributed by atoms with van der Waals surface area (Å²) < 4.78 is 19.1. The van der Waals surface area contributed by atoms with Gasteiger partial charge < -0.3 is 9.32 Å². The number of piperidine rings is 1. The number of aryl methyl sites for hydroxylation is 1. The molecule has 0 atom stereocenters. The van der Waals surface area contributed by atoms with Crippen LogP contribution in [-0.2, 0) is 0 Å². The summed E-state index contributed by atoms with van der Waals surface area (Å²) in [5.74, 6) is 0.627. The van der Waals surface area contributed by atoms with E-state index in [1.807, 2.05) is 0 Å². The number of likely N-dealkylation sites (tertiary alicyclic amines) is 1. The van der Waals surface area contributed by atoms with E-state index in [4.69, 9.17) is 4.42 Å². The molecule has 2 aromatic rings. The van der Waals surface area contributed by atoms with Crippen LogP contribution in [0.5, 0.6) is 0 Å². The largest absolute Gasteiger partial charge is 0.425 e. The Morgan fingerprint density at radius 2 is 2.00 bits per heavy atom. The molecule has 1 saturated heterocycles. The van der Waals surface area contributed by atoms with Crippen LogP contribution in [0.3, 0.4) is 0 Å². The van der Waals surface area contributed by atoms with Crippen LogP contribution in [0.25, 0.3) is 0 Å². The minimum Gasteiger partial charge on any atom is -0.425 e. The van der Waals surface area contributed by atoms with Gasteiger partial charge in [-0.05, 0) is 25.0 Å². The lowest BCUT2D eigenvalue weighted by Crippen LogP contribution is -2.38. The highest BCUT2D eigenvalue weighted by molar-refractivity contribution is 5.94. The summed E-state index contributed by atoms with van der Waals surface area (Å²) in [5.41, 5.74) is 0.129. The van der Waals surface area contributed by atoms with Crippen molar-refractivity contribution in [3.63, 3.8) is 0 Å². The number of halogens is 1. The monoisotopic (exact) mass is 289 g/mol. The Hall–Kier alpha value is -2.24. The topological polar surface area (TPSA) is 59.2 Å². The van der Waals surface area contributed by atoms with Crippen LogP contribution in [0.15, 0.2) is 28.7 Å². The zero-order valence-corrected chi connectivity index (χ0v) is 11.8. The maximum atomic E-state index is 13.7. The van der Waals surface area contributed by atoms with E-state index in [1.165, 1.54) is 12.1 Å². The number of hydrogen-bond acceptors (Lipinski definition) is 4. The summed E-state index contributed by atoms with van der Waals surface area (Å²) >= 11 is 0. The predicted octanol–water partition coefficient (Wildman–Crippen LogP) is 2.54. The standard InChI is InChI=1S/C15H16FN3O2/c1-10-17-18-14(21-10)11-6-8-19(9-7-11)15(20)12-4-2-3-5-13(12)16/h2-5,11H,6-9H2,1H3. The third-order valence-corrected chi connectivity index (χ3v) is 3.78. The SMILES string of the molecule is Cc1nnc(C2CCN(C(=O)c3ccccc3F)CC2)o1. The smallest absolute Gasteiger partial charge is 0.256 e. The Morgan fingerprint density at radius 1 is 1.29 bits per heavy atom. The molecule has 1 aromatic heterocycles. The van der Waals surface area contributed by atoms with Gasteiger partial charge in [0.25, 0.3) is 5.91 Å². The number of hydrogen-bond donors (Lipinski definition) is 0. The van der Waals surface area contributed by atoms with E-state index >= 15 is 0 Å². The van der Waals surface area contributed by atoms with Gasteiger partial charge in [0.05, 0.1) is 5.56 Å². The van der Waals surface area contributed by atoms with Crippen molar-refractivity contribution in [3.8, 4) is 0 Å². The number of rotatable bonds is 2. The highest BCUT2D eigenvalue weighted by Gasteiger charge is 2.28. The van der Waals surface area contributed by atoms with E-state index in [-0.39, 0.29) is 17.4 Å². The van der Waals surface area contributed by atoms with E-state index in [9.17, 15) is 9.18 Å². The minimum absolute atomic E-state index is 0.129. The van der Waals surface area contributed by atoms with Crippen LogP contribution >= 0.6 is 0 Å². The average molecular weight is 289 g/mol. The van der Waals surface area contributed by atoms with E-state index in [0.29, 0.717) is 24.9 Å². The molecule has 1 aliphatic heterocycles. The number of carbonyl (C=O) groups excluding carboxylic acids is 1. The van der Waals surface area contributed by atoms with E-state index in [2.05, 4.69) is 10.2 Å². The van der Waals surface area contributed by atoms with Crippen molar-refractivity contribution >= 4 is 5.91 Å². The summed E-state index contributed by atoms with van der Waals surface area (Å²) in [7, 11) is 0. The Labute approximate surface area is 121 Å². The molecule has 0 N–H and O–H groups in total. The second kappa shape index (κ2) is 5.63. The molecule has 1 fully saturated rings. The van der Waals surface area contributed by atoms with Crippen LogP contribution in [0.1, 0.15) is 40.9 Å². The second-order valence-corrected chi connectivity index (χ2v) is 5.21. The zero-order valence-electron chi connectivity index (χ0n) is 11.8. The average Bonchev–Trinajstić information content (AvgIpc) is 2.94. The predicted molar refractivity (Wildman–Crippen MR) is 73.3 cm³/mol. The van der Waals surface area contributed by atoms with Gasteiger partial charge in [0, 0.05) is 25.9 Å². The summed E-state index contributed by atoms with van der Waals surface area (Å²) in [6, 6.07) is 6.08. The highest BCUT2D eigenvalue weighted by atomic mass is 19.1. The maximum absolute atomic E-state index is 13.7. The summed E-state index contributed by atoms with van der Waals surface area (Å²) in [5, 5.41) is 7.86. The van der Waals surface area contributed by atoms with Crippen molar-refractivity contribution in [2.75, 3.05) is 13.1 Å². The van der Waals surface area contributed by atoms with Gasteiger partial charge in [-0.1, -0.05) is 12.1 Å². The van der Waals surface area contributed by atoms with Crippen molar-refractivity contribution in [1.82, 2.24) is 15.1 Å². The second-order valence-electron chi connectivity index (χ2n) is 5.21. The van der Waals surface area contributed by atoms with Crippen LogP contribution in [0, 0.1) is 12.7 Å². The maximum Gasteiger partial charge on any atom is 0.256 e. The molecular formula is C15H16FN3O2. The first-order chi connectivity index (χ1) is 10.1. The summed E-state index contributed by atoms with van der Waals surface area (Å²) in [6.45, 7) is 2.89. The Morgan fingerprint density at radius 3 is 2.62 bits per heavy atom. The molecule has 6 heteroatoms. The number of nitrogens with zero attached hydrogens (tertiary/aromatic N) is 3. The molecule has 0 unspecified atom stereocenters. The fourth-order valence-electron chi connectivity index (χ4n) is 2.61. The molecule has 5 nitrogen and oxygen atoms in total. The molecule has 110 valence electrons. The van der Waals surface area contributed by atoms with Crippen LogP contribution < -0.4 is 0 Å². The number of amides is 1. The van der Waals surface area contributed by atoms with Crippen molar-refractivity contribution in [2.45, 2.75) is 25.7 Å². The molecule has 0 bridgehead atoms. The summed E-state index contributed by atoms with van der Waals surface area (Å²) in [6.07, 6.45) is 1.50. The third kappa shape index (κ3) is 2.79. The van der Waals surface area contributed by atoms with Crippen molar-refractivity contribution in [2.24, 2.45) is 0 Å². The van der Waals surface area contributed by atoms with Crippen LogP contribution in [-0.4, -0.2) is 34.1 Å². The van der Waals surface area contributed by atoms with Crippen LogP contribution in [0.2, 0.25) is 0 Å². The first-order valence-corrected chi connectivity index (χ1v) is 6.99. The fourth-order valence-corrected chi connectivity index (χ4v) is 2.61. The molecule has 21 heavy (non-hydrogen) atoms. The lowest BCUT2D eigenvalue weighted by molar-refractivity contribution is 0.0701. The van der Waals surface area contributed by atoms with Gasteiger partial charge in [-0.25, -0.2) is 4.39 Å². The van der Waals surface area contributed by atoms with Crippen LogP contribution in [0.4, 0.5) is 4.39 Å². The molecule has 0 saturated carbocycles. The molecule has 3 rings (SSSR count). The quantitative estimate of drug-likeness (QED) is 0.852. The lowest BCUT2D eigenvalue weighted by atomic mass is 9.96. The molecule has 1 aromatic carbocycles.